The van der Waals surface area contributed by atoms with Gasteiger partial charge in [0.25, 0.3) is 0 Å². The van der Waals surface area contributed by atoms with Gasteiger partial charge in [-0.05, 0) is 5.56 Å². The highest BCUT2D eigenvalue weighted by atomic mass is 16.5. The quantitative estimate of drug-likeness (QED) is 0.858. The summed E-state index contributed by atoms with van der Waals surface area (Å²) in [6, 6.07) is 11.6. The Balaban J connectivity index is 1.48. The molecule has 1 atom stereocenters. The Kier molecular flexibility index (Phi) is 4.09. The molecule has 0 unspecified atom stereocenters. The predicted octanol–water partition coefficient (Wildman–Crippen LogP) is 1.86. The molecule has 0 spiro atoms. The van der Waals surface area contributed by atoms with Gasteiger partial charge in [0.1, 0.15) is 18.0 Å². The maximum atomic E-state index is 13.0. The number of fused-ring (bicyclic) bond motifs is 1. The fourth-order valence-electron chi connectivity index (χ4n) is 3.41. The van der Waals surface area contributed by atoms with E-state index in [-0.39, 0.29) is 24.2 Å². The van der Waals surface area contributed by atoms with Crippen molar-refractivity contribution in [1.82, 2.24) is 9.88 Å². The van der Waals surface area contributed by atoms with Gasteiger partial charge < -0.3 is 14.5 Å². The zero-order valence-electron chi connectivity index (χ0n) is 13.8. The van der Waals surface area contributed by atoms with Crippen LogP contribution in [-0.2, 0) is 16.1 Å². The van der Waals surface area contributed by atoms with Crippen LogP contribution >= 0.6 is 0 Å². The second-order valence-electron chi connectivity index (χ2n) is 6.34. The van der Waals surface area contributed by atoms with E-state index in [9.17, 15) is 9.59 Å². The van der Waals surface area contributed by atoms with Crippen LogP contribution in [0.25, 0.3) is 0 Å². The molecule has 6 nitrogen and oxygen atoms in total. The monoisotopic (exact) mass is 337 g/mol. The van der Waals surface area contributed by atoms with Gasteiger partial charge >= 0.3 is 0 Å². The summed E-state index contributed by atoms with van der Waals surface area (Å²) < 4.78 is 5.58. The second-order valence-corrected chi connectivity index (χ2v) is 6.34. The van der Waals surface area contributed by atoms with Gasteiger partial charge in [0, 0.05) is 31.8 Å². The van der Waals surface area contributed by atoms with E-state index in [1.54, 1.807) is 28.3 Å². The minimum atomic E-state index is -0.317. The van der Waals surface area contributed by atoms with E-state index < -0.39 is 0 Å². The summed E-state index contributed by atoms with van der Waals surface area (Å²) in [6.07, 6.45) is 3.55. The molecule has 2 amide bonds. The van der Waals surface area contributed by atoms with Gasteiger partial charge in [0.05, 0.1) is 18.7 Å². The van der Waals surface area contributed by atoms with Crippen LogP contribution in [0.2, 0.25) is 0 Å². The summed E-state index contributed by atoms with van der Waals surface area (Å²) in [7, 11) is 0. The number of carbonyl (C=O) groups excluding carboxylic acids is 2. The maximum Gasteiger partial charge on any atom is 0.232 e. The van der Waals surface area contributed by atoms with Crippen molar-refractivity contribution in [1.29, 1.82) is 0 Å². The van der Waals surface area contributed by atoms with Gasteiger partial charge in [0.15, 0.2) is 0 Å². The van der Waals surface area contributed by atoms with Crippen molar-refractivity contribution in [2.75, 3.05) is 24.6 Å². The van der Waals surface area contributed by atoms with E-state index >= 15 is 0 Å². The van der Waals surface area contributed by atoms with Crippen LogP contribution in [-0.4, -0.2) is 41.4 Å². The summed E-state index contributed by atoms with van der Waals surface area (Å²) in [4.78, 5) is 32.9. The minimum absolute atomic E-state index is 0.0264. The molecule has 0 aliphatic carbocycles. The first-order chi connectivity index (χ1) is 12.2. The topological polar surface area (TPSA) is 62.7 Å². The Labute approximate surface area is 146 Å². The zero-order chi connectivity index (χ0) is 17.2. The van der Waals surface area contributed by atoms with E-state index in [0.717, 1.165) is 5.56 Å². The van der Waals surface area contributed by atoms with Crippen LogP contribution in [0.4, 0.5) is 5.69 Å². The average Bonchev–Trinajstić information content (AvgIpc) is 3.02. The summed E-state index contributed by atoms with van der Waals surface area (Å²) >= 11 is 0. The van der Waals surface area contributed by atoms with Crippen molar-refractivity contribution < 1.29 is 14.3 Å². The summed E-state index contributed by atoms with van der Waals surface area (Å²) in [5, 5.41) is 0. The van der Waals surface area contributed by atoms with Crippen molar-refractivity contribution in [3.63, 3.8) is 0 Å². The number of carbonyl (C=O) groups is 2. The number of hydrogen-bond donors (Lipinski definition) is 0. The number of nitrogens with zero attached hydrogens (tertiary/aromatic N) is 3. The molecule has 0 bridgehead atoms. The molecule has 2 aliphatic heterocycles. The van der Waals surface area contributed by atoms with Crippen molar-refractivity contribution in [2.24, 2.45) is 5.92 Å². The highest BCUT2D eigenvalue weighted by Gasteiger charge is 2.38. The summed E-state index contributed by atoms with van der Waals surface area (Å²) in [5.41, 5.74) is 1.76. The number of benzene rings is 1. The molecule has 1 fully saturated rings. The molecule has 0 radical (unpaired) electrons. The molecule has 6 heteroatoms. The number of likely N-dealkylation sites (tertiary alicyclic amines) is 1. The number of pyridine rings is 1. The number of anilines is 1. The molecule has 1 aromatic heterocycles. The minimum Gasteiger partial charge on any atom is -0.489 e. The fourth-order valence-corrected chi connectivity index (χ4v) is 3.41. The van der Waals surface area contributed by atoms with E-state index in [4.69, 9.17) is 4.74 Å². The predicted molar refractivity (Wildman–Crippen MR) is 92.1 cm³/mol. The highest BCUT2D eigenvalue weighted by Crippen LogP contribution is 2.32. The Hall–Kier alpha value is -2.89. The lowest BCUT2D eigenvalue weighted by molar-refractivity contribution is -0.128. The fraction of sp³-hybridized carbons (Fsp3) is 0.316. The Morgan fingerprint density at radius 2 is 2.08 bits per heavy atom. The maximum absolute atomic E-state index is 13.0. The molecule has 0 saturated carbocycles. The normalized spacial score (nSPS) is 19.5. The number of hydrogen-bond acceptors (Lipinski definition) is 4. The van der Waals surface area contributed by atoms with Crippen LogP contribution in [0.1, 0.15) is 12.0 Å². The third-order valence-corrected chi connectivity index (χ3v) is 4.67. The van der Waals surface area contributed by atoms with Crippen LogP contribution < -0.4 is 9.64 Å². The molecule has 3 heterocycles. The van der Waals surface area contributed by atoms with Gasteiger partial charge in [-0.2, -0.15) is 0 Å². The molecular formula is C19H19N3O3. The van der Waals surface area contributed by atoms with Gasteiger partial charge in [0.2, 0.25) is 11.8 Å². The average molecular weight is 337 g/mol. The largest absolute Gasteiger partial charge is 0.489 e. The van der Waals surface area contributed by atoms with Gasteiger partial charge in [-0.15, -0.1) is 0 Å². The van der Waals surface area contributed by atoms with Crippen LogP contribution in [0.15, 0.2) is 48.8 Å². The lowest BCUT2D eigenvalue weighted by Crippen LogP contribution is -2.42. The second kappa shape index (κ2) is 6.55. The van der Waals surface area contributed by atoms with E-state index in [2.05, 4.69) is 4.98 Å². The van der Waals surface area contributed by atoms with E-state index in [1.165, 1.54) is 0 Å². The molecule has 4 rings (SSSR count). The molecular weight excluding hydrogens is 318 g/mol. The van der Waals surface area contributed by atoms with Gasteiger partial charge in [-0.3, -0.25) is 14.6 Å². The summed E-state index contributed by atoms with van der Waals surface area (Å²) in [5.74, 6) is 0.353. The lowest BCUT2D eigenvalue weighted by Gasteiger charge is -2.30. The molecule has 2 aromatic rings. The molecule has 2 aliphatic rings. The van der Waals surface area contributed by atoms with Crippen LogP contribution in [0.3, 0.4) is 0 Å². The van der Waals surface area contributed by atoms with E-state index in [1.807, 2.05) is 30.3 Å². The lowest BCUT2D eigenvalue weighted by atomic mass is 10.1. The van der Waals surface area contributed by atoms with Crippen LogP contribution in [0.5, 0.6) is 5.75 Å². The van der Waals surface area contributed by atoms with Crippen LogP contribution in [0, 0.1) is 5.92 Å². The first-order valence-electron chi connectivity index (χ1n) is 8.42. The van der Waals surface area contributed by atoms with Gasteiger partial charge in [-0.25, -0.2) is 0 Å². The molecule has 1 saturated heterocycles. The Morgan fingerprint density at radius 1 is 1.24 bits per heavy atom. The zero-order valence-corrected chi connectivity index (χ0v) is 13.8. The van der Waals surface area contributed by atoms with Crippen molar-refractivity contribution in [3.8, 4) is 5.75 Å². The van der Waals surface area contributed by atoms with E-state index in [0.29, 0.717) is 37.7 Å². The van der Waals surface area contributed by atoms with Crippen molar-refractivity contribution in [2.45, 2.75) is 13.0 Å². The van der Waals surface area contributed by atoms with Crippen molar-refractivity contribution in [3.05, 3.63) is 54.4 Å². The summed E-state index contributed by atoms with van der Waals surface area (Å²) in [6.45, 7) is 1.95. The number of ether oxygens (including phenoxy) is 1. The number of aromatic nitrogens is 1. The SMILES string of the molecule is O=C1C[C@@H](C(=O)N2CCOc3ccncc32)CN1Cc1ccccc1. The van der Waals surface area contributed by atoms with Gasteiger partial charge in [-0.1, -0.05) is 30.3 Å². The first kappa shape index (κ1) is 15.6. The third-order valence-electron chi connectivity index (χ3n) is 4.67. The molecule has 1 aromatic carbocycles. The van der Waals surface area contributed by atoms with Crippen molar-refractivity contribution >= 4 is 17.5 Å². The highest BCUT2D eigenvalue weighted by molar-refractivity contribution is 6.00. The Morgan fingerprint density at radius 3 is 2.92 bits per heavy atom. The third kappa shape index (κ3) is 3.07. The Bertz CT molecular complexity index is 794. The smallest absolute Gasteiger partial charge is 0.232 e. The molecule has 25 heavy (non-hydrogen) atoms. The molecule has 128 valence electrons. The standard InChI is InChI=1S/C19H19N3O3/c23-18-10-15(13-21(18)12-14-4-2-1-3-5-14)19(24)22-8-9-25-17-6-7-20-11-16(17)22/h1-7,11,15H,8-10,12-13H2/t15-/m1/s1. The number of amides is 2. The number of rotatable bonds is 3. The first-order valence-corrected chi connectivity index (χ1v) is 8.42. The molecule has 0 N–H and O–H groups in total.